The molecule has 230 valence electrons. The highest BCUT2D eigenvalue weighted by Crippen LogP contribution is 2.41. The lowest BCUT2D eigenvalue weighted by atomic mass is 9.87. The first-order chi connectivity index (χ1) is 23.6. The minimum atomic E-state index is 0. The molecule has 0 aliphatic rings. The molecular formula is C46H36N2. The molecule has 2 aromatic heterocycles. The number of para-hydroxylation sites is 1. The predicted molar refractivity (Wildman–Crippen MR) is 207 cm³/mol. The zero-order valence-electron chi connectivity index (χ0n) is 26.9. The highest BCUT2D eigenvalue weighted by molar-refractivity contribution is 6.23. The molecule has 0 spiro atoms. The largest absolute Gasteiger partial charge is 0.352 e. The Bertz CT molecular complexity index is 2660. The number of H-pyrrole nitrogens is 1. The SMILES string of the molecule is C=C(Cc1ccccc1)c1ccc(-c2ccc3c(c2)c2[nH]c4c5ccccc5ccc4c2n3-c2ccccc2)cc1-c1ccccc1C.[HH]. The van der Waals surface area contributed by atoms with Crippen LogP contribution in [0, 0.1) is 6.92 Å². The van der Waals surface area contributed by atoms with Gasteiger partial charge in [-0.25, -0.2) is 0 Å². The maximum atomic E-state index is 4.58. The van der Waals surface area contributed by atoms with Gasteiger partial charge >= 0.3 is 0 Å². The van der Waals surface area contributed by atoms with Crippen LogP contribution in [0.4, 0.5) is 0 Å². The Labute approximate surface area is 281 Å². The van der Waals surface area contributed by atoms with E-state index in [0.717, 1.165) is 23.2 Å². The third kappa shape index (κ3) is 4.57. The Morgan fingerprint density at radius 1 is 0.604 bits per heavy atom. The molecule has 7 aromatic carbocycles. The van der Waals surface area contributed by atoms with Gasteiger partial charge in [-0.1, -0.05) is 134 Å². The second-order valence-electron chi connectivity index (χ2n) is 12.8. The lowest BCUT2D eigenvalue weighted by Gasteiger charge is -2.17. The predicted octanol–water partition coefficient (Wildman–Crippen LogP) is 12.6. The summed E-state index contributed by atoms with van der Waals surface area (Å²) in [5.41, 5.74) is 15.6. The molecular weight excluding hydrogens is 581 g/mol. The molecule has 48 heavy (non-hydrogen) atoms. The summed E-state index contributed by atoms with van der Waals surface area (Å²) in [4.78, 5) is 3.89. The maximum Gasteiger partial charge on any atom is 0.0798 e. The summed E-state index contributed by atoms with van der Waals surface area (Å²) in [5, 5.41) is 4.92. The lowest BCUT2D eigenvalue weighted by molar-refractivity contribution is 1.19. The highest BCUT2D eigenvalue weighted by atomic mass is 15.0. The molecule has 0 saturated carbocycles. The molecule has 0 fully saturated rings. The number of rotatable bonds is 6. The molecule has 0 atom stereocenters. The number of nitrogens with one attached hydrogen (secondary N) is 1. The number of aryl methyl sites for hydroxylation is 1. The number of hydrogen-bond donors (Lipinski definition) is 1. The normalized spacial score (nSPS) is 11.6. The fourth-order valence-corrected chi connectivity index (χ4v) is 7.49. The van der Waals surface area contributed by atoms with Gasteiger partial charge in [0.2, 0.25) is 0 Å². The molecule has 2 nitrogen and oxygen atoms in total. The van der Waals surface area contributed by atoms with Crippen molar-refractivity contribution in [2.24, 2.45) is 0 Å². The summed E-state index contributed by atoms with van der Waals surface area (Å²) in [7, 11) is 0. The quantitative estimate of drug-likeness (QED) is 0.192. The number of aromatic nitrogens is 2. The van der Waals surface area contributed by atoms with Crippen LogP contribution in [0.25, 0.3) is 77.1 Å². The molecule has 2 heteroatoms. The number of aromatic amines is 1. The zero-order valence-corrected chi connectivity index (χ0v) is 26.9. The van der Waals surface area contributed by atoms with Crippen molar-refractivity contribution < 1.29 is 1.43 Å². The van der Waals surface area contributed by atoms with Gasteiger partial charge < -0.3 is 9.55 Å². The summed E-state index contributed by atoms with van der Waals surface area (Å²) < 4.78 is 2.41. The standard InChI is InChI=1S/C46H34N2.H2/c1-30-13-9-11-19-37(30)41-28-34(22-24-38(41)31(2)27-32-14-5-3-6-15-32)35-23-26-43-42(29-35)45-46(48(43)36-17-7-4-8-18-36)40-25-21-33-16-10-12-20-39(33)44(40)47-45;/h3-26,28-29,47H,2,27H2,1H3;1H. The van der Waals surface area contributed by atoms with Crippen LogP contribution in [0.3, 0.4) is 0 Å². The smallest absolute Gasteiger partial charge is 0.0798 e. The summed E-state index contributed by atoms with van der Waals surface area (Å²) >= 11 is 0. The zero-order chi connectivity index (χ0) is 32.2. The van der Waals surface area contributed by atoms with Crippen molar-refractivity contribution in [3.63, 3.8) is 0 Å². The van der Waals surface area contributed by atoms with E-state index in [1.165, 1.54) is 77.0 Å². The summed E-state index contributed by atoms with van der Waals surface area (Å²) in [6.07, 6.45) is 0.811. The number of allylic oxidation sites excluding steroid dienone is 1. The first-order valence-electron chi connectivity index (χ1n) is 16.6. The maximum absolute atomic E-state index is 4.58. The van der Waals surface area contributed by atoms with Gasteiger partial charge in [0.1, 0.15) is 0 Å². The van der Waals surface area contributed by atoms with Crippen LogP contribution in [0.15, 0.2) is 164 Å². The van der Waals surface area contributed by atoms with E-state index >= 15 is 0 Å². The third-order valence-corrected chi connectivity index (χ3v) is 9.85. The fourth-order valence-electron chi connectivity index (χ4n) is 7.49. The lowest BCUT2D eigenvalue weighted by Crippen LogP contribution is -1.95. The van der Waals surface area contributed by atoms with Gasteiger partial charge in [0, 0.05) is 23.3 Å². The van der Waals surface area contributed by atoms with Crippen LogP contribution in [-0.4, -0.2) is 9.55 Å². The molecule has 2 heterocycles. The van der Waals surface area contributed by atoms with Crippen LogP contribution < -0.4 is 0 Å². The third-order valence-electron chi connectivity index (χ3n) is 9.85. The molecule has 0 amide bonds. The van der Waals surface area contributed by atoms with Crippen molar-refractivity contribution in [1.29, 1.82) is 0 Å². The van der Waals surface area contributed by atoms with E-state index in [0.29, 0.717) is 0 Å². The molecule has 0 saturated heterocycles. The molecule has 9 aromatic rings. The van der Waals surface area contributed by atoms with Crippen molar-refractivity contribution >= 4 is 49.2 Å². The van der Waals surface area contributed by atoms with Crippen LogP contribution in [0.1, 0.15) is 18.1 Å². The first-order valence-corrected chi connectivity index (χ1v) is 16.6. The van der Waals surface area contributed by atoms with E-state index in [1.54, 1.807) is 0 Å². The molecule has 0 aliphatic carbocycles. The Hall–Kier alpha value is -6.12. The molecule has 0 radical (unpaired) electrons. The molecule has 1 N–H and O–H groups in total. The molecule has 9 rings (SSSR count). The number of hydrogen-bond acceptors (Lipinski definition) is 0. The van der Waals surface area contributed by atoms with E-state index in [1.807, 2.05) is 0 Å². The molecule has 0 unspecified atom stereocenters. The first kappa shape index (κ1) is 28.1. The number of nitrogens with zero attached hydrogens (tertiary/aromatic N) is 1. The van der Waals surface area contributed by atoms with Crippen LogP contribution in [0.2, 0.25) is 0 Å². The molecule has 0 aliphatic heterocycles. The fraction of sp³-hybridized carbons (Fsp3) is 0.0435. The Morgan fingerprint density at radius 2 is 1.31 bits per heavy atom. The van der Waals surface area contributed by atoms with Crippen LogP contribution >= 0.6 is 0 Å². The second kappa shape index (κ2) is 11.3. The Balaban J connectivity index is 0.00000348. The van der Waals surface area contributed by atoms with Gasteiger partial charge in [-0.15, -0.1) is 0 Å². The highest BCUT2D eigenvalue weighted by Gasteiger charge is 2.20. The van der Waals surface area contributed by atoms with Crippen molar-refractivity contribution in [3.8, 4) is 27.9 Å². The van der Waals surface area contributed by atoms with Crippen molar-refractivity contribution in [1.82, 2.24) is 9.55 Å². The van der Waals surface area contributed by atoms with Crippen molar-refractivity contribution in [2.75, 3.05) is 0 Å². The van der Waals surface area contributed by atoms with Crippen LogP contribution in [0.5, 0.6) is 0 Å². The van der Waals surface area contributed by atoms with Crippen LogP contribution in [-0.2, 0) is 6.42 Å². The Kier molecular flexibility index (Phi) is 6.62. The Morgan fingerprint density at radius 3 is 2.15 bits per heavy atom. The van der Waals surface area contributed by atoms with Crippen molar-refractivity contribution in [2.45, 2.75) is 13.3 Å². The topological polar surface area (TPSA) is 20.7 Å². The average molecular weight is 617 g/mol. The average Bonchev–Trinajstić information content (AvgIpc) is 3.67. The summed E-state index contributed by atoms with van der Waals surface area (Å²) in [5.74, 6) is 0. The van der Waals surface area contributed by atoms with E-state index in [4.69, 9.17) is 0 Å². The van der Waals surface area contributed by atoms with Gasteiger partial charge in [0.15, 0.2) is 0 Å². The summed E-state index contributed by atoms with van der Waals surface area (Å²) in [6, 6.07) is 57.0. The van der Waals surface area contributed by atoms with Gasteiger partial charge in [-0.2, -0.15) is 0 Å². The minimum Gasteiger partial charge on any atom is -0.352 e. The van der Waals surface area contributed by atoms with Gasteiger partial charge in [0.05, 0.1) is 22.1 Å². The monoisotopic (exact) mass is 616 g/mol. The van der Waals surface area contributed by atoms with Gasteiger partial charge in [-0.3, -0.25) is 0 Å². The second-order valence-corrected chi connectivity index (χ2v) is 12.8. The minimum absolute atomic E-state index is 0. The van der Waals surface area contributed by atoms with Crippen molar-refractivity contribution in [3.05, 3.63) is 181 Å². The van der Waals surface area contributed by atoms with E-state index in [-0.39, 0.29) is 1.43 Å². The summed E-state index contributed by atoms with van der Waals surface area (Å²) in [6.45, 7) is 6.78. The number of fused-ring (bicyclic) bond motifs is 7. The van der Waals surface area contributed by atoms with E-state index < -0.39 is 0 Å². The molecule has 0 bridgehead atoms. The van der Waals surface area contributed by atoms with E-state index in [9.17, 15) is 0 Å². The number of benzene rings is 7. The van der Waals surface area contributed by atoms with Gasteiger partial charge in [-0.05, 0) is 93.6 Å². The van der Waals surface area contributed by atoms with E-state index in [2.05, 4.69) is 181 Å². The van der Waals surface area contributed by atoms with Gasteiger partial charge in [0.25, 0.3) is 0 Å².